The Kier molecular flexibility index (Phi) is 4.70. The van der Waals surface area contributed by atoms with Crippen molar-refractivity contribution in [2.45, 2.75) is 0 Å². The molecule has 0 aliphatic rings. The van der Waals surface area contributed by atoms with Crippen molar-refractivity contribution in [3.63, 3.8) is 0 Å². The van der Waals surface area contributed by atoms with Crippen molar-refractivity contribution in [2.75, 3.05) is 18.9 Å². The van der Waals surface area contributed by atoms with Crippen molar-refractivity contribution >= 4 is 28.4 Å². The quantitative estimate of drug-likeness (QED) is 0.796. The monoisotopic (exact) mass is 337 g/mol. The van der Waals surface area contributed by atoms with Gasteiger partial charge in [-0.15, -0.1) is 0 Å². The molecule has 0 aliphatic carbocycles. The number of fused-ring (bicyclic) bond motifs is 1. The van der Waals surface area contributed by atoms with Gasteiger partial charge in [0.25, 0.3) is 5.91 Å². The highest BCUT2D eigenvalue weighted by molar-refractivity contribution is 6.06. The zero-order valence-electron chi connectivity index (χ0n) is 13.6. The number of nitrogens with one attached hydrogen (secondary N) is 1. The number of carbonyl (C=O) groups excluding carboxylic acids is 2. The molecule has 25 heavy (non-hydrogen) atoms. The molecule has 0 spiro atoms. The number of nitrogens with zero attached hydrogens (tertiary/aromatic N) is 2. The average Bonchev–Trinajstić information content (AvgIpc) is 2.62. The van der Waals surface area contributed by atoms with E-state index in [2.05, 4.69) is 10.3 Å². The minimum atomic E-state index is -0.381. The molecule has 2 aromatic carbocycles. The molecule has 6 heteroatoms. The minimum Gasteiger partial charge on any atom is -0.332 e. The van der Waals surface area contributed by atoms with Gasteiger partial charge in [-0.05, 0) is 36.4 Å². The van der Waals surface area contributed by atoms with Crippen molar-refractivity contribution in [1.82, 2.24) is 9.88 Å². The summed E-state index contributed by atoms with van der Waals surface area (Å²) in [5, 5.41) is 3.49. The Morgan fingerprint density at radius 1 is 1.08 bits per heavy atom. The second kappa shape index (κ2) is 7.09. The largest absolute Gasteiger partial charge is 0.332 e. The van der Waals surface area contributed by atoms with E-state index < -0.39 is 0 Å². The number of benzene rings is 2. The zero-order chi connectivity index (χ0) is 17.8. The molecule has 2 amide bonds. The van der Waals surface area contributed by atoms with Gasteiger partial charge in [0.05, 0.1) is 17.6 Å². The molecule has 0 saturated carbocycles. The summed E-state index contributed by atoms with van der Waals surface area (Å²) in [5.41, 5.74) is 1.51. The molecule has 1 aromatic heterocycles. The van der Waals surface area contributed by atoms with E-state index in [0.29, 0.717) is 16.8 Å². The molecule has 0 saturated heterocycles. The van der Waals surface area contributed by atoms with E-state index >= 15 is 0 Å². The van der Waals surface area contributed by atoms with Crippen LogP contribution < -0.4 is 5.32 Å². The molecule has 0 fully saturated rings. The van der Waals surface area contributed by atoms with E-state index in [0.717, 1.165) is 5.39 Å². The average molecular weight is 337 g/mol. The normalized spacial score (nSPS) is 10.5. The number of anilines is 1. The van der Waals surface area contributed by atoms with Crippen molar-refractivity contribution in [3.8, 4) is 0 Å². The summed E-state index contributed by atoms with van der Waals surface area (Å²) in [6.07, 6.45) is 1.63. The number of para-hydroxylation sites is 1. The van der Waals surface area contributed by atoms with Crippen LogP contribution in [0.15, 0.2) is 60.8 Å². The summed E-state index contributed by atoms with van der Waals surface area (Å²) < 4.78 is 12.9. The van der Waals surface area contributed by atoms with Gasteiger partial charge in [-0.3, -0.25) is 14.6 Å². The van der Waals surface area contributed by atoms with Crippen LogP contribution in [0.4, 0.5) is 10.1 Å². The van der Waals surface area contributed by atoms with Crippen LogP contribution in [0.1, 0.15) is 10.4 Å². The van der Waals surface area contributed by atoms with Crippen LogP contribution in [0.2, 0.25) is 0 Å². The number of rotatable bonds is 4. The van der Waals surface area contributed by atoms with Crippen LogP contribution in [0.25, 0.3) is 10.9 Å². The summed E-state index contributed by atoms with van der Waals surface area (Å²) in [6, 6.07) is 14.5. The maximum absolute atomic E-state index is 12.9. The lowest BCUT2D eigenvalue weighted by molar-refractivity contribution is -0.116. The smallest absolute Gasteiger partial charge is 0.256 e. The van der Waals surface area contributed by atoms with Gasteiger partial charge >= 0.3 is 0 Å². The molecule has 0 atom stereocenters. The van der Waals surface area contributed by atoms with Gasteiger partial charge < -0.3 is 10.2 Å². The lowest BCUT2D eigenvalue weighted by atomic mass is 10.1. The Morgan fingerprint density at radius 2 is 1.80 bits per heavy atom. The van der Waals surface area contributed by atoms with Gasteiger partial charge in [0.1, 0.15) is 5.82 Å². The van der Waals surface area contributed by atoms with Gasteiger partial charge in [0.2, 0.25) is 5.91 Å². The van der Waals surface area contributed by atoms with Gasteiger partial charge in [-0.2, -0.15) is 0 Å². The molecule has 3 rings (SSSR count). The number of hydrogen-bond acceptors (Lipinski definition) is 3. The van der Waals surface area contributed by atoms with Crippen molar-refractivity contribution < 1.29 is 14.0 Å². The van der Waals surface area contributed by atoms with Gasteiger partial charge in [-0.1, -0.05) is 18.2 Å². The van der Waals surface area contributed by atoms with Crippen molar-refractivity contribution in [3.05, 3.63) is 72.2 Å². The lowest BCUT2D eigenvalue weighted by Gasteiger charge is -2.17. The highest BCUT2D eigenvalue weighted by Crippen LogP contribution is 2.17. The van der Waals surface area contributed by atoms with E-state index in [1.165, 1.54) is 29.2 Å². The van der Waals surface area contributed by atoms with Crippen LogP contribution in [-0.4, -0.2) is 35.3 Å². The van der Waals surface area contributed by atoms with Crippen molar-refractivity contribution in [2.24, 2.45) is 0 Å². The molecule has 1 N–H and O–H groups in total. The van der Waals surface area contributed by atoms with Crippen LogP contribution in [0.3, 0.4) is 0 Å². The Labute approximate surface area is 144 Å². The predicted octanol–water partition coefficient (Wildman–Crippen LogP) is 3.08. The maximum Gasteiger partial charge on any atom is 0.256 e. The highest BCUT2D eigenvalue weighted by Gasteiger charge is 2.17. The van der Waals surface area contributed by atoms with E-state index in [1.54, 1.807) is 31.4 Å². The molecule has 0 bridgehead atoms. The molecule has 126 valence electrons. The summed E-state index contributed by atoms with van der Waals surface area (Å²) in [6.45, 7) is -0.126. The fourth-order valence-electron chi connectivity index (χ4n) is 2.50. The molecule has 0 aliphatic heterocycles. The second-order valence-electron chi connectivity index (χ2n) is 5.60. The van der Waals surface area contributed by atoms with E-state index in [9.17, 15) is 14.0 Å². The Balaban J connectivity index is 1.71. The van der Waals surface area contributed by atoms with Crippen LogP contribution in [-0.2, 0) is 4.79 Å². The first-order valence-corrected chi connectivity index (χ1v) is 7.69. The topological polar surface area (TPSA) is 62.3 Å². The number of halogens is 1. The Bertz CT molecular complexity index is 920. The summed E-state index contributed by atoms with van der Waals surface area (Å²) in [7, 11) is 1.55. The Morgan fingerprint density at radius 3 is 2.56 bits per heavy atom. The third-order valence-corrected chi connectivity index (χ3v) is 3.72. The molecule has 1 heterocycles. The summed E-state index contributed by atoms with van der Waals surface area (Å²) in [4.78, 5) is 30.3. The first-order valence-electron chi connectivity index (χ1n) is 7.69. The van der Waals surface area contributed by atoms with E-state index in [-0.39, 0.29) is 24.2 Å². The van der Waals surface area contributed by atoms with Gasteiger partial charge in [0, 0.05) is 24.3 Å². The van der Waals surface area contributed by atoms with Gasteiger partial charge in [-0.25, -0.2) is 4.39 Å². The summed E-state index contributed by atoms with van der Waals surface area (Å²) in [5.74, 6) is -1.04. The maximum atomic E-state index is 12.9. The lowest BCUT2D eigenvalue weighted by Crippen LogP contribution is -2.35. The number of aromatic nitrogens is 1. The number of pyridine rings is 1. The zero-order valence-corrected chi connectivity index (χ0v) is 13.6. The van der Waals surface area contributed by atoms with E-state index in [4.69, 9.17) is 0 Å². The first kappa shape index (κ1) is 16.6. The minimum absolute atomic E-state index is 0.126. The molecule has 5 nitrogen and oxygen atoms in total. The second-order valence-corrected chi connectivity index (χ2v) is 5.60. The van der Waals surface area contributed by atoms with E-state index in [1.807, 2.05) is 12.1 Å². The molecular formula is C19H16FN3O2. The van der Waals surface area contributed by atoms with Crippen LogP contribution in [0, 0.1) is 5.82 Å². The molecule has 3 aromatic rings. The molecule has 0 radical (unpaired) electrons. The number of likely N-dealkylation sites (N-methyl/N-ethyl adjacent to an activating group) is 1. The molecule has 0 unspecified atom stereocenters. The highest BCUT2D eigenvalue weighted by atomic mass is 19.1. The van der Waals surface area contributed by atoms with Crippen LogP contribution in [0.5, 0.6) is 0 Å². The van der Waals surface area contributed by atoms with Crippen LogP contribution >= 0.6 is 0 Å². The molecular weight excluding hydrogens is 321 g/mol. The number of amides is 2. The Hall–Kier alpha value is -3.28. The fourth-order valence-corrected chi connectivity index (χ4v) is 2.50. The SMILES string of the molecule is CN(CC(=O)Nc1ccc(F)cc1)C(=O)c1cccc2cccnc12. The van der Waals surface area contributed by atoms with Gasteiger partial charge in [0.15, 0.2) is 0 Å². The van der Waals surface area contributed by atoms with Crippen molar-refractivity contribution in [1.29, 1.82) is 0 Å². The predicted molar refractivity (Wildman–Crippen MR) is 93.7 cm³/mol. The first-order chi connectivity index (χ1) is 12.0. The third kappa shape index (κ3) is 3.80. The fraction of sp³-hybridized carbons (Fsp3) is 0.105. The third-order valence-electron chi connectivity index (χ3n) is 3.72. The summed E-state index contributed by atoms with van der Waals surface area (Å²) >= 11 is 0. The standard InChI is InChI=1S/C19H16FN3O2/c1-23(12-17(24)22-15-9-7-14(20)8-10-15)19(25)16-6-2-4-13-5-3-11-21-18(13)16/h2-11H,12H2,1H3,(H,22,24). The number of hydrogen-bond donors (Lipinski definition) is 1. The number of carbonyl (C=O) groups is 2.